The lowest BCUT2D eigenvalue weighted by atomic mass is 10.1. The zero-order valence-electron chi connectivity index (χ0n) is 13.1. The third-order valence-corrected chi connectivity index (χ3v) is 3.48. The molecule has 2 aromatic carbocycles. The average Bonchev–Trinajstić information content (AvgIpc) is 2.45. The smallest absolute Gasteiger partial charge is 0.125 e. The van der Waals surface area contributed by atoms with Crippen LogP contribution in [-0.4, -0.2) is 7.11 Å². The number of methoxy groups -OCH3 is 1. The average molecular weight is 285 g/mol. The standard InChI is InChI=1S/C18H23NO2/c1-12-6-8-17(20-4)15(9-12)11-21-18-10-13(2)5-7-16(18)14(3)19/h5-10,14H,11,19H2,1-4H3/t14-/m1/s1. The number of ether oxygens (including phenoxy) is 2. The van der Waals surface area contributed by atoms with Gasteiger partial charge in [0.1, 0.15) is 18.1 Å². The minimum Gasteiger partial charge on any atom is -0.496 e. The van der Waals surface area contributed by atoms with E-state index in [0.717, 1.165) is 28.2 Å². The van der Waals surface area contributed by atoms with Gasteiger partial charge in [-0.25, -0.2) is 0 Å². The van der Waals surface area contributed by atoms with Gasteiger partial charge in [0.25, 0.3) is 0 Å². The quantitative estimate of drug-likeness (QED) is 0.905. The maximum absolute atomic E-state index is 6.01. The van der Waals surface area contributed by atoms with E-state index in [2.05, 4.69) is 19.1 Å². The highest BCUT2D eigenvalue weighted by Gasteiger charge is 2.10. The summed E-state index contributed by atoms with van der Waals surface area (Å²) in [5.74, 6) is 1.68. The molecule has 0 saturated carbocycles. The van der Waals surface area contributed by atoms with Crippen molar-refractivity contribution >= 4 is 0 Å². The van der Waals surface area contributed by atoms with E-state index in [1.54, 1.807) is 7.11 Å². The van der Waals surface area contributed by atoms with Gasteiger partial charge in [-0.2, -0.15) is 0 Å². The largest absolute Gasteiger partial charge is 0.496 e. The number of aryl methyl sites for hydroxylation is 2. The van der Waals surface area contributed by atoms with Crippen LogP contribution >= 0.6 is 0 Å². The predicted molar refractivity (Wildman–Crippen MR) is 85.8 cm³/mol. The third kappa shape index (κ3) is 3.76. The zero-order valence-corrected chi connectivity index (χ0v) is 13.1. The first kappa shape index (κ1) is 15.4. The van der Waals surface area contributed by atoms with Crippen LogP contribution in [0.4, 0.5) is 0 Å². The molecule has 0 radical (unpaired) electrons. The van der Waals surface area contributed by atoms with Crippen LogP contribution in [0.15, 0.2) is 36.4 Å². The SMILES string of the molecule is COc1ccc(C)cc1COc1cc(C)ccc1[C@@H](C)N. The van der Waals surface area contributed by atoms with Gasteiger partial charge in [0.2, 0.25) is 0 Å². The van der Waals surface area contributed by atoms with Crippen molar-refractivity contribution in [3.63, 3.8) is 0 Å². The Bertz CT molecular complexity index is 621. The van der Waals surface area contributed by atoms with Crippen LogP contribution in [0.2, 0.25) is 0 Å². The van der Waals surface area contributed by atoms with E-state index >= 15 is 0 Å². The monoisotopic (exact) mass is 285 g/mol. The van der Waals surface area contributed by atoms with E-state index < -0.39 is 0 Å². The van der Waals surface area contributed by atoms with Crippen molar-refractivity contribution in [1.82, 2.24) is 0 Å². The van der Waals surface area contributed by atoms with Crippen LogP contribution in [-0.2, 0) is 6.61 Å². The second kappa shape index (κ2) is 6.64. The van der Waals surface area contributed by atoms with Crippen molar-refractivity contribution in [2.45, 2.75) is 33.4 Å². The Kier molecular flexibility index (Phi) is 4.86. The molecule has 0 saturated heterocycles. The second-order valence-corrected chi connectivity index (χ2v) is 5.43. The molecule has 1 atom stereocenters. The van der Waals surface area contributed by atoms with E-state index in [1.807, 2.05) is 38.1 Å². The Morgan fingerprint density at radius 3 is 2.33 bits per heavy atom. The molecule has 0 spiro atoms. The van der Waals surface area contributed by atoms with Crippen LogP contribution in [0, 0.1) is 13.8 Å². The third-order valence-electron chi connectivity index (χ3n) is 3.48. The minimum atomic E-state index is -0.0556. The fourth-order valence-corrected chi connectivity index (χ4v) is 2.32. The topological polar surface area (TPSA) is 44.5 Å². The maximum atomic E-state index is 6.01. The maximum Gasteiger partial charge on any atom is 0.125 e. The van der Waals surface area contributed by atoms with Gasteiger partial charge in [-0.15, -0.1) is 0 Å². The summed E-state index contributed by atoms with van der Waals surface area (Å²) in [7, 11) is 1.67. The molecule has 0 heterocycles. The van der Waals surface area contributed by atoms with E-state index in [4.69, 9.17) is 15.2 Å². The van der Waals surface area contributed by atoms with Crippen LogP contribution in [0.3, 0.4) is 0 Å². The molecular formula is C18H23NO2. The molecule has 0 aromatic heterocycles. The van der Waals surface area contributed by atoms with Gasteiger partial charge in [-0.1, -0.05) is 23.8 Å². The lowest BCUT2D eigenvalue weighted by molar-refractivity contribution is 0.292. The summed E-state index contributed by atoms with van der Waals surface area (Å²) < 4.78 is 11.4. The van der Waals surface area contributed by atoms with E-state index in [-0.39, 0.29) is 6.04 Å². The highest BCUT2D eigenvalue weighted by molar-refractivity contribution is 5.40. The summed E-state index contributed by atoms with van der Waals surface area (Å²) in [6.45, 7) is 6.53. The summed E-state index contributed by atoms with van der Waals surface area (Å²) in [6.07, 6.45) is 0. The van der Waals surface area contributed by atoms with Crippen LogP contribution in [0.1, 0.15) is 35.2 Å². The Labute approximate surface area is 126 Å². The molecule has 0 fully saturated rings. The Morgan fingerprint density at radius 1 is 1.00 bits per heavy atom. The van der Waals surface area contributed by atoms with Crippen molar-refractivity contribution in [2.75, 3.05) is 7.11 Å². The molecule has 0 aliphatic carbocycles. The molecule has 0 bridgehead atoms. The Balaban J connectivity index is 2.24. The molecule has 112 valence electrons. The fourth-order valence-electron chi connectivity index (χ4n) is 2.32. The molecule has 3 heteroatoms. The Morgan fingerprint density at radius 2 is 1.67 bits per heavy atom. The molecule has 0 unspecified atom stereocenters. The summed E-state index contributed by atoms with van der Waals surface area (Å²) in [5.41, 5.74) is 10.4. The summed E-state index contributed by atoms with van der Waals surface area (Å²) in [5, 5.41) is 0. The second-order valence-electron chi connectivity index (χ2n) is 5.43. The van der Waals surface area contributed by atoms with Gasteiger partial charge in [0.05, 0.1) is 7.11 Å². The fraction of sp³-hybridized carbons (Fsp3) is 0.333. The number of rotatable bonds is 5. The van der Waals surface area contributed by atoms with Gasteiger partial charge in [-0.05, 0) is 44.5 Å². The molecule has 2 aromatic rings. The normalized spacial score (nSPS) is 12.0. The van der Waals surface area contributed by atoms with Crippen molar-refractivity contribution in [2.24, 2.45) is 5.73 Å². The van der Waals surface area contributed by atoms with Gasteiger partial charge in [0.15, 0.2) is 0 Å². The molecule has 2 N–H and O–H groups in total. The first-order chi connectivity index (χ1) is 10.0. The number of hydrogen-bond donors (Lipinski definition) is 1. The first-order valence-corrected chi connectivity index (χ1v) is 7.13. The summed E-state index contributed by atoms with van der Waals surface area (Å²) in [4.78, 5) is 0. The van der Waals surface area contributed by atoms with Crippen molar-refractivity contribution in [3.8, 4) is 11.5 Å². The molecular weight excluding hydrogens is 262 g/mol. The zero-order chi connectivity index (χ0) is 15.4. The lowest BCUT2D eigenvalue weighted by Gasteiger charge is -2.16. The van der Waals surface area contributed by atoms with Crippen molar-refractivity contribution in [3.05, 3.63) is 58.7 Å². The first-order valence-electron chi connectivity index (χ1n) is 7.13. The molecule has 0 amide bonds. The van der Waals surface area contributed by atoms with Crippen molar-refractivity contribution in [1.29, 1.82) is 0 Å². The highest BCUT2D eigenvalue weighted by atomic mass is 16.5. The van der Waals surface area contributed by atoms with Gasteiger partial charge in [0, 0.05) is 17.2 Å². The number of nitrogens with two attached hydrogens (primary N) is 1. The number of hydrogen-bond acceptors (Lipinski definition) is 3. The van der Waals surface area contributed by atoms with Crippen LogP contribution in [0.5, 0.6) is 11.5 Å². The predicted octanol–water partition coefficient (Wildman–Crippen LogP) is 3.91. The van der Waals surface area contributed by atoms with Crippen LogP contribution < -0.4 is 15.2 Å². The van der Waals surface area contributed by atoms with Gasteiger partial charge in [-0.3, -0.25) is 0 Å². The van der Waals surface area contributed by atoms with Gasteiger partial charge >= 0.3 is 0 Å². The van der Waals surface area contributed by atoms with Gasteiger partial charge < -0.3 is 15.2 Å². The van der Waals surface area contributed by atoms with E-state index in [0.29, 0.717) is 6.61 Å². The summed E-state index contributed by atoms with van der Waals surface area (Å²) >= 11 is 0. The molecule has 0 aliphatic rings. The molecule has 2 rings (SSSR count). The highest BCUT2D eigenvalue weighted by Crippen LogP contribution is 2.27. The summed E-state index contributed by atoms with van der Waals surface area (Å²) in [6, 6.07) is 12.1. The molecule has 3 nitrogen and oxygen atoms in total. The van der Waals surface area contributed by atoms with Crippen LogP contribution in [0.25, 0.3) is 0 Å². The van der Waals surface area contributed by atoms with E-state index in [1.165, 1.54) is 5.56 Å². The number of benzene rings is 2. The lowest BCUT2D eigenvalue weighted by Crippen LogP contribution is -2.08. The Hall–Kier alpha value is -2.00. The van der Waals surface area contributed by atoms with Crippen molar-refractivity contribution < 1.29 is 9.47 Å². The minimum absolute atomic E-state index is 0.0556. The molecule has 0 aliphatic heterocycles. The molecule has 21 heavy (non-hydrogen) atoms. The van der Waals surface area contributed by atoms with E-state index in [9.17, 15) is 0 Å².